The van der Waals surface area contributed by atoms with Crippen molar-refractivity contribution in [2.45, 2.75) is 19.4 Å². The summed E-state index contributed by atoms with van der Waals surface area (Å²) in [6.45, 7) is 5.10. The van der Waals surface area contributed by atoms with Crippen LogP contribution in [0.5, 0.6) is 0 Å². The Labute approximate surface area is 114 Å². The average molecular weight is 256 g/mol. The quantitative estimate of drug-likeness (QED) is 0.863. The fourth-order valence-electron chi connectivity index (χ4n) is 1.99. The molecule has 0 aliphatic heterocycles. The predicted molar refractivity (Wildman–Crippen MR) is 79.1 cm³/mol. The lowest BCUT2D eigenvalue weighted by atomic mass is 10.1. The van der Waals surface area contributed by atoms with E-state index in [2.05, 4.69) is 34.7 Å². The van der Waals surface area contributed by atoms with E-state index < -0.39 is 0 Å². The number of likely N-dealkylation sites (N-methyl/N-ethyl adjacent to an activating group) is 1. The van der Waals surface area contributed by atoms with Crippen LogP contribution in [0.2, 0.25) is 0 Å². The van der Waals surface area contributed by atoms with Crippen molar-refractivity contribution in [1.29, 1.82) is 0 Å². The van der Waals surface area contributed by atoms with Gasteiger partial charge in [0.25, 0.3) is 0 Å². The number of nitrogens with zero attached hydrogens (tertiary/aromatic N) is 2. The molecule has 19 heavy (non-hydrogen) atoms. The van der Waals surface area contributed by atoms with Gasteiger partial charge in [-0.2, -0.15) is 0 Å². The van der Waals surface area contributed by atoms with Crippen molar-refractivity contribution in [1.82, 2.24) is 15.5 Å². The molecular weight excluding hydrogens is 236 g/mol. The van der Waals surface area contributed by atoms with E-state index in [1.165, 1.54) is 0 Å². The number of hydrogen-bond donors (Lipinski definition) is 2. The minimum Gasteiger partial charge on any atom is -0.362 e. The molecular formula is C15H20N4. The summed E-state index contributed by atoms with van der Waals surface area (Å²) < 4.78 is 0. The number of anilines is 1. The maximum Gasteiger partial charge on any atom is 0.149 e. The highest BCUT2D eigenvalue weighted by Crippen LogP contribution is 2.17. The van der Waals surface area contributed by atoms with Crippen LogP contribution in [0.1, 0.15) is 13.8 Å². The van der Waals surface area contributed by atoms with Gasteiger partial charge < -0.3 is 10.6 Å². The monoisotopic (exact) mass is 256 g/mol. The SMILES string of the molecule is CNCC(C)(C)Nc1ccc(-c2ccccc2)nn1. The van der Waals surface area contributed by atoms with Crippen LogP contribution in [-0.4, -0.2) is 29.3 Å². The third-order valence-electron chi connectivity index (χ3n) is 2.82. The first-order chi connectivity index (χ1) is 9.11. The summed E-state index contributed by atoms with van der Waals surface area (Å²) in [6.07, 6.45) is 0. The Morgan fingerprint density at radius 2 is 1.74 bits per heavy atom. The number of rotatable bonds is 5. The molecule has 0 amide bonds. The van der Waals surface area contributed by atoms with Gasteiger partial charge in [-0.3, -0.25) is 0 Å². The maximum absolute atomic E-state index is 4.26. The smallest absolute Gasteiger partial charge is 0.149 e. The van der Waals surface area contributed by atoms with Crippen molar-refractivity contribution in [3.63, 3.8) is 0 Å². The molecule has 0 radical (unpaired) electrons. The molecule has 0 aliphatic carbocycles. The van der Waals surface area contributed by atoms with Gasteiger partial charge in [-0.15, -0.1) is 10.2 Å². The molecule has 0 unspecified atom stereocenters. The van der Waals surface area contributed by atoms with Crippen molar-refractivity contribution in [3.8, 4) is 11.3 Å². The van der Waals surface area contributed by atoms with Gasteiger partial charge in [-0.25, -0.2) is 0 Å². The second-order valence-corrected chi connectivity index (χ2v) is 5.21. The van der Waals surface area contributed by atoms with E-state index in [-0.39, 0.29) is 5.54 Å². The maximum atomic E-state index is 4.26. The van der Waals surface area contributed by atoms with Crippen molar-refractivity contribution in [2.24, 2.45) is 0 Å². The molecule has 0 bridgehead atoms. The molecule has 0 saturated carbocycles. The van der Waals surface area contributed by atoms with Gasteiger partial charge in [-0.05, 0) is 33.0 Å². The van der Waals surface area contributed by atoms with E-state index in [1.54, 1.807) is 0 Å². The van der Waals surface area contributed by atoms with Gasteiger partial charge in [0.05, 0.1) is 5.69 Å². The van der Waals surface area contributed by atoms with Crippen molar-refractivity contribution >= 4 is 5.82 Å². The van der Waals surface area contributed by atoms with Gasteiger partial charge in [0.15, 0.2) is 0 Å². The Morgan fingerprint density at radius 1 is 1.00 bits per heavy atom. The van der Waals surface area contributed by atoms with Gasteiger partial charge >= 0.3 is 0 Å². The molecule has 1 heterocycles. The van der Waals surface area contributed by atoms with Crippen LogP contribution in [0.4, 0.5) is 5.82 Å². The van der Waals surface area contributed by atoms with Gasteiger partial charge in [0.2, 0.25) is 0 Å². The van der Waals surface area contributed by atoms with E-state index in [0.29, 0.717) is 0 Å². The van der Waals surface area contributed by atoms with Crippen LogP contribution in [0, 0.1) is 0 Å². The number of benzene rings is 1. The number of nitrogens with one attached hydrogen (secondary N) is 2. The molecule has 100 valence electrons. The lowest BCUT2D eigenvalue weighted by Crippen LogP contribution is -2.40. The molecule has 0 fully saturated rings. The van der Waals surface area contributed by atoms with Gasteiger partial charge in [0.1, 0.15) is 5.82 Å². The normalized spacial score (nSPS) is 11.3. The minimum absolute atomic E-state index is 0.0578. The first-order valence-electron chi connectivity index (χ1n) is 6.43. The van der Waals surface area contributed by atoms with Crippen molar-refractivity contribution in [2.75, 3.05) is 18.9 Å². The van der Waals surface area contributed by atoms with E-state index in [9.17, 15) is 0 Å². The van der Waals surface area contributed by atoms with Gasteiger partial charge in [0, 0.05) is 17.6 Å². The lowest BCUT2D eigenvalue weighted by molar-refractivity contribution is 0.527. The molecule has 0 spiro atoms. The summed E-state index contributed by atoms with van der Waals surface area (Å²) in [4.78, 5) is 0. The largest absolute Gasteiger partial charge is 0.362 e. The highest BCUT2D eigenvalue weighted by atomic mass is 15.2. The Kier molecular flexibility index (Phi) is 4.12. The van der Waals surface area contributed by atoms with Crippen molar-refractivity contribution in [3.05, 3.63) is 42.5 Å². The zero-order valence-corrected chi connectivity index (χ0v) is 11.6. The second kappa shape index (κ2) is 5.80. The third-order valence-corrected chi connectivity index (χ3v) is 2.82. The highest BCUT2D eigenvalue weighted by molar-refractivity contribution is 5.59. The van der Waals surface area contributed by atoms with Crippen LogP contribution in [-0.2, 0) is 0 Å². The standard InChI is InChI=1S/C15H20N4/c1-15(2,11-16-3)17-14-10-9-13(18-19-14)12-7-5-4-6-8-12/h4-10,16H,11H2,1-3H3,(H,17,19). The summed E-state index contributed by atoms with van der Waals surface area (Å²) in [6, 6.07) is 14.0. The van der Waals surface area contributed by atoms with Crippen LogP contribution >= 0.6 is 0 Å². The summed E-state index contributed by atoms with van der Waals surface area (Å²) in [5, 5.41) is 15.0. The van der Waals surface area contributed by atoms with Gasteiger partial charge in [-0.1, -0.05) is 30.3 Å². The molecule has 2 rings (SSSR count). The molecule has 2 aromatic rings. The third kappa shape index (κ3) is 3.76. The zero-order valence-electron chi connectivity index (χ0n) is 11.6. The predicted octanol–water partition coefficient (Wildman–Crippen LogP) is 2.55. The molecule has 1 aromatic carbocycles. The Bertz CT molecular complexity index is 505. The average Bonchev–Trinajstić information content (AvgIpc) is 2.40. The van der Waals surface area contributed by atoms with Crippen LogP contribution in [0.3, 0.4) is 0 Å². The minimum atomic E-state index is -0.0578. The first-order valence-corrected chi connectivity index (χ1v) is 6.43. The highest BCUT2D eigenvalue weighted by Gasteiger charge is 2.16. The molecule has 0 atom stereocenters. The fourth-order valence-corrected chi connectivity index (χ4v) is 1.99. The Balaban J connectivity index is 2.11. The summed E-state index contributed by atoms with van der Waals surface area (Å²) in [5.41, 5.74) is 1.91. The molecule has 2 N–H and O–H groups in total. The molecule has 4 heteroatoms. The molecule has 1 aromatic heterocycles. The zero-order chi connectivity index (χ0) is 13.7. The van der Waals surface area contributed by atoms with Crippen molar-refractivity contribution < 1.29 is 0 Å². The number of hydrogen-bond acceptors (Lipinski definition) is 4. The van der Waals surface area contributed by atoms with E-state index >= 15 is 0 Å². The van der Waals surface area contributed by atoms with Crippen LogP contribution in [0.25, 0.3) is 11.3 Å². The summed E-state index contributed by atoms with van der Waals surface area (Å²) >= 11 is 0. The van der Waals surface area contributed by atoms with E-state index in [4.69, 9.17) is 0 Å². The summed E-state index contributed by atoms with van der Waals surface area (Å²) in [5.74, 6) is 0.792. The lowest BCUT2D eigenvalue weighted by Gasteiger charge is -2.26. The van der Waals surface area contributed by atoms with Crippen LogP contribution in [0.15, 0.2) is 42.5 Å². The van der Waals surface area contributed by atoms with Crippen LogP contribution < -0.4 is 10.6 Å². The van der Waals surface area contributed by atoms with E-state index in [0.717, 1.165) is 23.6 Å². The number of aromatic nitrogens is 2. The Morgan fingerprint density at radius 3 is 2.32 bits per heavy atom. The first kappa shape index (κ1) is 13.5. The summed E-state index contributed by atoms with van der Waals surface area (Å²) in [7, 11) is 1.94. The topological polar surface area (TPSA) is 49.8 Å². The molecule has 0 aliphatic rings. The fraction of sp³-hybridized carbons (Fsp3) is 0.333. The Hall–Kier alpha value is -1.94. The molecule has 4 nitrogen and oxygen atoms in total. The second-order valence-electron chi connectivity index (χ2n) is 5.21. The van der Waals surface area contributed by atoms with E-state index in [1.807, 2.05) is 49.5 Å². The molecule has 0 saturated heterocycles.